The van der Waals surface area contributed by atoms with E-state index in [0.29, 0.717) is 6.54 Å². The summed E-state index contributed by atoms with van der Waals surface area (Å²) in [4.78, 5) is 14.1. The second-order valence-electron chi connectivity index (χ2n) is 5.16. The summed E-state index contributed by atoms with van der Waals surface area (Å²) in [7, 11) is 0. The molecule has 0 atom stereocenters. The van der Waals surface area contributed by atoms with Crippen molar-refractivity contribution in [3.8, 4) is 0 Å². The standard InChI is InChI=1S/C14H18N4O2/c1-3-18-14(19)7-11-8-17(5-4-13(11)15-18)9-12-6-10(2)20-16-12/h6-7H,3-5,8-9H2,1-2H3. The van der Waals surface area contributed by atoms with Crippen LogP contribution < -0.4 is 5.56 Å². The first-order chi connectivity index (χ1) is 9.65. The minimum Gasteiger partial charge on any atom is -0.361 e. The van der Waals surface area contributed by atoms with E-state index in [1.807, 2.05) is 19.9 Å². The number of aryl methyl sites for hydroxylation is 2. The van der Waals surface area contributed by atoms with E-state index < -0.39 is 0 Å². The van der Waals surface area contributed by atoms with Crippen LogP contribution in [0.3, 0.4) is 0 Å². The molecule has 0 bridgehead atoms. The van der Waals surface area contributed by atoms with Crippen LogP contribution in [0.5, 0.6) is 0 Å². The van der Waals surface area contributed by atoms with E-state index in [1.54, 1.807) is 6.07 Å². The number of hydrogen-bond donors (Lipinski definition) is 0. The summed E-state index contributed by atoms with van der Waals surface area (Å²) in [5.74, 6) is 0.824. The third-order valence-corrected chi connectivity index (χ3v) is 3.58. The summed E-state index contributed by atoms with van der Waals surface area (Å²) >= 11 is 0. The molecule has 2 aromatic heterocycles. The molecular weight excluding hydrogens is 256 g/mol. The Kier molecular flexibility index (Phi) is 3.40. The van der Waals surface area contributed by atoms with Crippen molar-refractivity contribution in [3.05, 3.63) is 45.2 Å². The third-order valence-electron chi connectivity index (χ3n) is 3.58. The molecule has 0 aliphatic carbocycles. The molecule has 0 spiro atoms. The summed E-state index contributed by atoms with van der Waals surface area (Å²) in [6, 6.07) is 3.66. The number of nitrogens with zero attached hydrogens (tertiary/aromatic N) is 4. The molecule has 3 rings (SSSR count). The van der Waals surface area contributed by atoms with Crippen LogP contribution in [0.2, 0.25) is 0 Å². The lowest BCUT2D eigenvalue weighted by atomic mass is 10.1. The Bertz CT molecular complexity index is 674. The predicted octanol–water partition coefficient (Wildman–Crippen LogP) is 1.12. The normalized spacial score (nSPS) is 15.3. The van der Waals surface area contributed by atoms with Gasteiger partial charge in [-0.25, -0.2) is 4.68 Å². The quantitative estimate of drug-likeness (QED) is 0.839. The van der Waals surface area contributed by atoms with E-state index in [0.717, 1.165) is 48.8 Å². The monoisotopic (exact) mass is 274 g/mol. The first kappa shape index (κ1) is 13.1. The van der Waals surface area contributed by atoms with Crippen molar-refractivity contribution in [3.63, 3.8) is 0 Å². The molecule has 6 nitrogen and oxygen atoms in total. The molecule has 0 saturated carbocycles. The van der Waals surface area contributed by atoms with Gasteiger partial charge in [-0.1, -0.05) is 5.16 Å². The topological polar surface area (TPSA) is 64.2 Å². The molecule has 6 heteroatoms. The van der Waals surface area contributed by atoms with Gasteiger partial charge in [-0.15, -0.1) is 0 Å². The van der Waals surface area contributed by atoms with Gasteiger partial charge >= 0.3 is 0 Å². The molecule has 0 aromatic carbocycles. The lowest BCUT2D eigenvalue weighted by Gasteiger charge is -2.27. The molecule has 1 aliphatic rings. The van der Waals surface area contributed by atoms with Gasteiger partial charge in [0.1, 0.15) is 5.76 Å². The lowest BCUT2D eigenvalue weighted by molar-refractivity contribution is 0.233. The molecule has 0 saturated heterocycles. The molecule has 2 aromatic rings. The number of aromatic nitrogens is 3. The second-order valence-corrected chi connectivity index (χ2v) is 5.16. The Morgan fingerprint density at radius 2 is 2.25 bits per heavy atom. The summed E-state index contributed by atoms with van der Waals surface area (Å²) in [5.41, 5.74) is 2.98. The van der Waals surface area contributed by atoms with Gasteiger partial charge in [0.25, 0.3) is 5.56 Å². The van der Waals surface area contributed by atoms with Gasteiger partial charge < -0.3 is 4.52 Å². The van der Waals surface area contributed by atoms with Crippen molar-refractivity contribution in [2.45, 2.75) is 39.9 Å². The largest absolute Gasteiger partial charge is 0.361 e. The first-order valence-electron chi connectivity index (χ1n) is 6.90. The van der Waals surface area contributed by atoms with Crippen LogP contribution in [0.1, 0.15) is 29.6 Å². The van der Waals surface area contributed by atoms with Crippen molar-refractivity contribution in [2.75, 3.05) is 6.54 Å². The Morgan fingerprint density at radius 1 is 1.40 bits per heavy atom. The first-order valence-corrected chi connectivity index (χ1v) is 6.90. The lowest BCUT2D eigenvalue weighted by Crippen LogP contribution is -2.34. The number of rotatable bonds is 3. The zero-order valence-corrected chi connectivity index (χ0v) is 11.8. The van der Waals surface area contributed by atoms with Gasteiger partial charge in [0.05, 0.1) is 11.4 Å². The van der Waals surface area contributed by atoms with E-state index in [4.69, 9.17) is 4.52 Å². The molecule has 0 unspecified atom stereocenters. The van der Waals surface area contributed by atoms with Crippen LogP contribution in [0.25, 0.3) is 0 Å². The van der Waals surface area contributed by atoms with Crippen LogP contribution in [0, 0.1) is 6.92 Å². The fourth-order valence-corrected chi connectivity index (χ4v) is 2.58. The third kappa shape index (κ3) is 2.51. The zero-order chi connectivity index (χ0) is 14.1. The summed E-state index contributed by atoms with van der Waals surface area (Å²) in [6.07, 6.45) is 0.868. The highest BCUT2D eigenvalue weighted by Crippen LogP contribution is 2.17. The molecule has 1 aliphatic heterocycles. The van der Waals surface area contributed by atoms with Gasteiger partial charge in [-0.05, 0) is 19.4 Å². The molecule has 3 heterocycles. The fourth-order valence-electron chi connectivity index (χ4n) is 2.58. The highest BCUT2D eigenvalue weighted by atomic mass is 16.5. The molecule has 20 heavy (non-hydrogen) atoms. The smallest absolute Gasteiger partial charge is 0.267 e. The predicted molar refractivity (Wildman–Crippen MR) is 73.2 cm³/mol. The Hall–Kier alpha value is -1.95. The van der Waals surface area contributed by atoms with E-state index >= 15 is 0 Å². The van der Waals surface area contributed by atoms with Crippen molar-refractivity contribution in [1.29, 1.82) is 0 Å². The minimum atomic E-state index is -0.0228. The second kappa shape index (κ2) is 5.20. The maximum absolute atomic E-state index is 11.8. The molecule has 0 N–H and O–H groups in total. The van der Waals surface area contributed by atoms with Crippen LogP contribution >= 0.6 is 0 Å². The highest BCUT2D eigenvalue weighted by Gasteiger charge is 2.19. The molecule has 106 valence electrons. The Morgan fingerprint density at radius 3 is 2.95 bits per heavy atom. The number of fused-ring (bicyclic) bond motifs is 1. The molecule has 0 radical (unpaired) electrons. The average Bonchev–Trinajstić information content (AvgIpc) is 2.83. The van der Waals surface area contributed by atoms with Gasteiger partial charge in [-0.3, -0.25) is 9.69 Å². The van der Waals surface area contributed by atoms with Crippen LogP contribution in [0.4, 0.5) is 0 Å². The minimum absolute atomic E-state index is 0.0228. The maximum Gasteiger partial charge on any atom is 0.267 e. The van der Waals surface area contributed by atoms with E-state index in [1.165, 1.54) is 4.68 Å². The average molecular weight is 274 g/mol. The van der Waals surface area contributed by atoms with Gasteiger partial charge in [0, 0.05) is 44.7 Å². The van der Waals surface area contributed by atoms with Gasteiger partial charge in [0.15, 0.2) is 0 Å². The molecule has 0 fully saturated rings. The molecule has 0 amide bonds. The maximum atomic E-state index is 11.8. The van der Waals surface area contributed by atoms with E-state index in [9.17, 15) is 4.79 Å². The molecular formula is C14H18N4O2. The Labute approximate surface area is 117 Å². The Balaban J connectivity index is 1.78. The van der Waals surface area contributed by atoms with Gasteiger partial charge in [0.2, 0.25) is 0 Å². The fraction of sp³-hybridized carbons (Fsp3) is 0.500. The van der Waals surface area contributed by atoms with E-state index in [2.05, 4.69) is 15.2 Å². The van der Waals surface area contributed by atoms with Crippen LogP contribution in [-0.2, 0) is 26.1 Å². The van der Waals surface area contributed by atoms with Gasteiger partial charge in [-0.2, -0.15) is 5.10 Å². The summed E-state index contributed by atoms with van der Waals surface area (Å²) < 4.78 is 6.61. The van der Waals surface area contributed by atoms with Crippen LogP contribution in [-0.4, -0.2) is 26.4 Å². The summed E-state index contributed by atoms with van der Waals surface area (Å²) in [5, 5.41) is 8.43. The zero-order valence-electron chi connectivity index (χ0n) is 11.8. The summed E-state index contributed by atoms with van der Waals surface area (Å²) in [6.45, 7) is 6.85. The van der Waals surface area contributed by atoms with Crippen molar-refractivity contribution in [2.24, 2.45) is 0 Å². The van der Waals surface area contributed by atoms with Crippen molar-refractivity contribution >= 4 is 0 Å². The number of hydrogen-bond acceptors (Lipinski definition) is 5. The van der Waals surface area contributed by atoms with Crippen LogP contribution in [0.15, 0.2) is 21.5 Å². The highest BCUT2D eigenvalue weighted by molar-refractivity contribution is 5.21. The van der Waals surface area contributed by atoms with Crippen molar-refractivity contribution in [1.82, 2.24) is 19.8 Å². The van der Waals surface area contributed by atoms with E-state index in [-0.39, 0.29) is 5.56 Å². The SMILES string of the molecule is CCn1nc2c(cc1=O)CN(Cc1cc(C)on1)CC2. The van der Waals surface area contributed by atoms with Crippen molar-refractivity contribution < 1.29 is 4.52 Å².